The zero-order valence-electron chi connectivity index (χ0n) is 15.3. The van der Waals surface area contributed by atoms with E-state index in [0.717, 1.165) is 23.9 Å². The standard InChI is InChI=1S/C23H24ClNOS/c24-20-6-3-5-19(17-20)23(22-7-4-16-27-22)18-8-10-21(11-9-18)26-15-14-25-12-1-2-13-25/h3-11,16-17,23H,1-2,12-15H2. The van der Waals surface area contributed by atoms with Gasteiger partial charge in [-0.15, -0.1) is 11.3 Å². The van der Waals surface area contributed by atoms with E-state index in [1.165, 1.54) is 41.9 Å². The van der Waals surface area contributed by atoms with Gasteiger partial charge in [0.25, 0.3) is 0 Å². The molecular weight excluding hydrogens is 374 g/mol. The number of benzene rings is 2. The summed E-state index contributed by atoms with van der Waals surface area (Å²) in [7, 11) is 0. The molecule has 0 bridgehead atoms. The fourth-order valence-corrected chi connectivity index (χ4v) is 4.80. The van der Waals surface area contributed by atoms with Crippen LogP contribution >= 0.6 is 22.9 Å². The molecule has 0 spiro atoms. The Balaban J connectivity index is 1.49. The molecule has 2 nitrogen and oxygen atoms in total. The summed E-state index contributed by atoms with van der Waals surface area (Å²) < 4.78 is 5.96. The Labute approximate surface area is 170 Å². The maximum absolute atomic E-state index is 6.25. The zero-order valence-corrected chi connectivity index (χ0v) is 16.9. The van der Waals surface area contributed by atoms with Crippen molar-refractivity contribution in [3.8, 4) is 5.75 Å². The highest BCUT2D eigenvalue weighted by Gasteiger charge is 2.18. The molecule has 1 saturated heterocycles. The first-order chi connectivity index (χ1) is 13.3. The summed E-state index contributed by atoms with van der Waals surface area (Å²) >= 11 is 8.03. The van der Waals surface area contributed by atoms with Crippen molar-refractivity contribution in [2.75, 3.05) is 26.2 Å². The molecule has 0 amide bonds. The first-order valence-electron chi connectivity index (χ1n) is 9.53. The number of likely N-dealkylation sites (tertiary alicyclic amines) is 1. The fraction of sp³-hybridized carbons (Fsp3) is 0.304. The molecule has 1 fully saturated rings. The van der Waals surface area contributed by atoms with Crippen molar-refractivity contribution in [2.45, 2.75) is 18.8 Å². The van der Waals surface area contributed by atoms with Gasteiger partial charge in [-0.25, -0.2) is 0 Å². The molecule has 0 aliphatic carbocycles. The lowest BCUT2D eigenvalue weighted by Gasteiger charge is -2.18. The van der Waals surface area contributed by atoms with Crippen molar-refractivity contribution in [3.63, 3.8) is 0 Å². The van der Waals surface area contributed by atoms with Gasteiger partial charge in [0, 0.05) is 22.4 Å². The van der Waals surface area contributed by atoms with Gasteiger partial charge in [0.05, 0.1) is 0 Å². The molecule has 140 valence electrons. The summed E-state index contributed by atoms with van der Waals surface area (Å²) in [6, 6.07) is 21.0. The Kier molecular flexibility index (Phi) is 6.13. The van der Waals surface area contributed by atoms with E-state index < -0.39 is 0 Å². The van der Waals surface area contributed by atoms with Gasteiger partial charge >= 0.3 is 0 Å². The van der Waals surface area contributed by atoms with Crippen molar-refractivity contribution in [3.05, 3.63) is 87.1 Å². The number of nitrogens with zero attached hydrogens (tertiary/aromatic N) is 1. The van der Waals surface area contributed by atoms with Crippen LogP contribution in [0.2, 0.25) is 5.02 Å². The normalized spacial score (nSPS) is 15.7. The molecule has 1 atom stereocenters. The lowest BCUT2D eigenvalue weighted by Crippen LogP contribution is -2.25. The highest BCUT2D eigenvalue weighted by Crippen LogP contribution is 2.36. The van der Waals surface area contributed by atoms with Crippen molar-refractivity contribution in [1.29, 1.82) is 0 Å². The van der Waals surface area contributed by atoms with Crippen LogP contribution in [0.5, 0.6) is 5.75 Å². The number of hydrogen-bond donors (Lipinski definition) is 0. The highest BCUT2D eigenvalue weighted by molar-refractivity contribution is 7.10. The van der Waals surface area contributed by atoms with E-state index in [2.05, 4.69) is 58.8 Å². The van der Waals surface area contributed by atoms with Crippen LogP contribution in [0.25, 0.3) is 0 Å². The van der Waals surface area contributed by atoms with Gasteiger partial charge in [-0.1, -0.05) is 41.9 Å². The molecule has 0 saturated carbocycles. The fourth-order valence-electron chi connectivity index (χ4n) is 3.72. The van der Waals surface area contributed by atoms with Gasteiger partial charge < -0.3 is 4.74 Å². The minimum absolute atomic E-state index is 0.197. The Bertz CT molecular complexity index is 841. The summed E-state index contributed by atoms with van der Waals surface area (Å²) in [4.78, 5) is 3.79. The summed E-state index contributed by atoms with van der Waals surface area (Å²) in [6.07, 6.45) is 2.64. The highest BCUT2D eigenvalue weighted by atomic mass is 35.5. The molecule has 27 heavy (non-hydrogen) atoms. The Hall–Kier alpha value is -1.81. The molecule has 4 rings (SSSR count). The first kappa shape index (κ1) is 18.5. The van der Waals surface area contributed by atoms with Gasteiger partial charge in [0.1, 0.15) is 12.4 Å². The molecule has 1 aromatic heterocycles. The second-order valence-electron chi connectivity index (χ2n) is 6.97. The van der Waals surface area contributed by atoms with Crippen LogP contribution in [0.4, 0.5) is 0 Å². The van der Waals surface area contributed by atoms with E-state index in [9.17, 15) is 0 Å². The van der Waals surface area contributed by atoms with Gasteiger partial charge in [-0.05, 0) is 72.8 Å². The number of hydrogen-bond acceptors (Lipinski definition) is 3. The molecule has 2 aromatic carbocycles. The summed E-state index contributed by atoms with van der Waals surface area (Å²) in [5.41, 5.74) is 2.47. The molecule has 1 aliphatic heterocycles. The van der Waals surface area contributed by atoms with Crippen molar-refractivity contribution < 1.29 is 4.74 Å². The van der Waals surface area contributed by atoms with Gasteiger partial charge in [0.15, 0.2) is 0 Å². The third-order valence-electron chi connectivity index (χ3n) is 5.10. The van der Waals surface area contributed by atoms with Gasteiger partial charge in [0.2, 0.25) is 0 Å². The Morgan fingerprint density at radius 3 is 2.48 bits per heavy atom. The van der Waals surface area contributed by atoms with Crippen LogP contribution in [0.3, 0.4) is 0 Å². The zero-order chi connectivity index (χ0) is 18.5. The maximum Gasteiger partial charge on any atom is 0.119 e. The van der Waals surface area contributed by atoms with Crippen molar-refractivity contribution >= 4 is 22.9 Å². The van der Waals surface area contributed by atoms with Gasteiger partial charge in [-0.2, -0.15) is 0 Å². The van der Waals surface area contributed by atoms with Crippen LogP contribution in [0.1, 0.15) is 34.8 Å². The lowest BCUT2D eigenvalue weighted by molar-refractivity contribution is 0.238. The number of rotatable bonds is 7. The van der Waals surface area contributed by atoms with Crippen molar-refractivity contribution in [2.24, 2.45) is 0 Å². The monoisotopic (exact) mass is 397 g/mol. The Morgan fingerprint density at radius 1 is 0.963 bits per heavy atom. The molecule has 4 heteroatoms. The predicted molar refractivity (Wildman–Crippen MR) is 114 cm³/mol. The predicted octanol–water partition coefficient (Wildman–Crippen LogP) is 6.06. The average Bonchev–Trinajstić information content (AvgIpc) is 3.38. The van der Waals surface area contributed by atoms with Crippen LogP contribution in [-0.2, 0) is 0 Å². The summed E-state index contributed by atoms with van der Waals surface area (Å²) in [5, 5.41) is 2.90. The van der Waals surface area contributed by atoms with E-state index in [1.807, 2.05) is 12.1 Å². The SMILES string of the molecule is Clc1cccc(C(c2ccc(OCCN3CCCC3)cc2)c2cccs2)c1. The van der Waals surface area contributed by atoms with Crippen LogP contribution in [-0.4, -0.2) is 31.1 Å². The smallest absolute Gasteiger partial charge is 0.119 e. The van der Waals surface area contributed by atoms with Crippen LogP contribution in [0, 0.1) is 0 Å². The molecule has 3 aromatic rings. The minimum Gasteiger partial charge on any atom is -0.492 e. The summed E-state index contributed by atoms with van der Waals surface area (Å²) in [5.74, 6) is 1.14. The minimum atomic E-state index is 0.197. The topological polar surface area (TPSA) is 12.5 Å². The summed E-state index contributed by atoms with van der Waals surface area (Å²) in [6.45, 7) is 4.19. The maximum atomic E-state index is 6.25. The third-order valence-corrected chi connectivity index (χ3v) is 6.27. The molecule has 2 heterocycles. The van der Waals surface area contributed by atoms with E-state index in [0.29, 0.717) is 0 Å². The quantitative estimate of drug-likeness (QED) is 0.480. The molecule has 0 radical (unpaired) electrons. The second-order valence-corrected chi connectivity index (χ2v) is 8.39. The molecular formula is C23H24ClNOS. The number of thiophene rings is 1. The average molecular weight is 398 g/mol. The number of ether oxygens (including phenoxy) is 1. The number of halogens is 1. The van der Waals surface area contributed by atoms with E-state index in [1.54, 1.807) is 11.3 Å². The van der Waals surface area contributed by atoms with E-state index in [-0.39, 0.29) is 5.92 Å². The van der Waals surface area contributed by atoms with E-state index >= 15 is 0 Å². The first-order valence-corrected chi connectivity index (χ1v) is 10.8. The third kappa shape index (κ3) is 4.73. The lowest BCUT2D eigenvalue weighted by atomic mass is 9.90. The van der Waals surface area contributed by atoms with Crippen molar-refractivity contribution in [1.82, 2.24) is 4.90 Å². The molecule has 1 aliphatic rings. The van der Waals surface area contributed by atoms with Crippen LogP contribution in [0.15, 0.2) is 66.0 Å². The van der Waals surface area contributed by atoms with Gasteiger partial charge in [-0.3, -0.25) is 4.90 Å². The molecule has 1 unspecified atom stereocenters. The molecule has 0 N–H and O–H groups in total. The largest absolute Gasteiger partial charge is 0.492 e. The van der Waals surface area contributed by atoms with E-state index in [4.69, 9.17) is 16.3 Å². The Morgan fingerprint density at radius 2 is 1.78 bits per heavy atom. The van der Waals surface area contributed by atoms with Crippen LogP contribution < -0.4 is 4.74 Å². The second kappa shape index (κ2) is 8.92.